The molecule has 0 aromatic heterocycles. The average molecular weight is 323 g/mol. The second-order valence-electron chi connectivity index (χ2n) is 4.88. The Morgan fingerprint density at radius 1 is 1.19 bits per heavy atom. The fraction of sp³-hybridized carbons (Fsp3) is 0.188. The first kappa shape index (κ1) is 15.7. The van der Waals surface area contributed by atoms with E-state index in [4.69, 9.17) is 28.9 Å². The van der Waals surface area contributed by atoms with Crippen LogP contribution < -0.4 is 5.73 Å². The zero-order valence-electron chi connectivity index (χ0n) is 11.6. The van der Waals surface area contributed by atoms with Crippen LogP contribution in [0, 0.1) is 0 Å². The fourth-order valence-electron chi connectivity index (χ4n) is 2.03. The van der Waals surface area contributed by atoms with E-state index >= 15 is 0 Å². The second-order valence-corrected chi connectivity index (χ2v) is 5.67. The lowest BCUT2D eigenvalue weighted by Gasteiger charge is -2.18. The van der Waals surface area contributed by atoms with Crippen LogP contribution in [0.15, 0.2) is 42.5 Å². The molecule has 5 heteroatoms. The van der Waals surface area contributed by atoms with Gasteiger partial charge in [-0.1, -0.05) is 47.5 Å². The molecule has 3 nitrogen and oxygen atoms in total. The van der Waals surface area contributed by atoms with Crippen molar-refractivity contribution in [2.24, 2.45) is 0 Å². The van der Waals surface area contributed by atoms with Gasteiger partial charge in [-0.25, -0.2) is 0 Å². The maximum absolute atomic E-state index is 12.2. The smallest absolute Gasteiger partial charge is 0.227 e. The molecule has 21 heavy (non-hydrogen) atoms. The molecule has 0 spiro atoms. The highest BCUT2D eigenvalue weighted by Gasteiger charge is 2.13. The van der Waals surface area contributed by atoms with Gasteiger partial charge >= 0.3 is 0 Å². The Kier molecular flexibility index (Phi) is 5.10. The van der Waals surface area contributed by atoms with Crippen LogP contribution in [0.5, 0.6) is 0 Å². The third-order valence-electron chi connectivity index (χ3n) is 3.17. The number of amides is 1. The fourth-order valence-corrected chi connectivity index (χ4v) is 2.41. The summed E-state index contributed by atoms with van der Waals surface area (Å²) >= 11 is 12.1. The normalized spacial score (nSPS) is 10.4. The van der Waals surface area contributed by atoms with Gasteiger partial charge in [-0.15, -0.1) is 0 Å². The van der Waals surface area contributed by atoms with E-state index in [2.05, 4.69) is 0 Å². The minimum atomic E-state index is -0.00311. The van der Waals surface area contributed by atoms with Crippen LogP contribution in [0.3, 0.4) is 0 Å². The summed E-state index contributed by atoms with van der Waals surface area (Å²) in [5.41, 5.74) is 8.09. The van der Waals surface area contributed by atoms with Crippen LogP contribution in [0.2, 0.25) is 10.0 Å². The van der Waals surface area contributed by atoms with E-state index in [9.17, 15) is 4.79 Å². The first-order valence-electron chi connectivity index (χ1n) is 6.48. The molecule has 110 valence electrons. The molecule has 2 rings (SSSR count). The van der Waals surface area contributed by atoms with Crippen LogP contribution in [-0.4, -0.2) is 17.9 Å². The molecule has 0 aliphatic carbocycles. The second kappa shape index (κ2) is 6.83. The quantitative estimate of drug-likeness (QED) is 0.871. The maximum atomic E-state index is 12.2. The Balaban J connectivity index is 2.04. The Morgan fingerprint density at radius 2 is 1.90 bits per heavy atom. The van der Waals surface area contributed by atoms with E-state index in [1.807, 2.05) is 24.3 Å². The lowest BCUT2D eigenvalue weighted by molar-refractivity contribution is -0.129. The van der Waals surface area contributed by atoms with Crippen LogP contribution in [0.25, 0.3) is 0 Å². The first-order chi connectivity index (χ1) is 9.97. The number of carbonyl (C=O) groups excluding carboxylic acids is 1. The topological polar surface area (TPSA) is 46.3 Å². The van der Waals surface area contributed by atoms with Gasteiger partial charge in [0.25, 0.3) is 0 Å². The molecule has 0 saturated heterocycles. The standard InChI is InChI=1S/C16H16Cl2N2O/c1-20(10-12-5-3-7-14(17)16(12)18)15(21)9-11-4-2-6-13(19)8-11/h2-8H,9-10,19H2,1H3. The van der Waals surface area contributed by atoms with E-state index in [0.29, 0.717) is 28.7 Å². The molecule has 0 unspecified atom stereocenters. The molecule has 1 amide bonds. The Morgan fingerprint density at radius 3 is 2.62 bits per heavy atom. The zero-order valence-corrected chi connectivity index (χ0v) is 13.2. The number of nitrogens with zero attached hydrogens (tertiary/aromatic N) is 1. The van der Waals surface area contributed by atoms with Crippen molar-refractivity contribution >= 4 is 34.8 Å². The molecule has 0 bridgehead atoms. The molecular formula is C16H16Cl2N2O. The molecule has 0 heterocycles. The summed E-state index contributed by atoms with van der Waals surface area (Å²) in [5, 5.41) is 0.980. The van der Waals surface area contributed by atoms with Crippen molar-refractivity contribution in [3.63, 3.8) is 0 Å². The monoisotopic (exact) mass is 322 g/mol. The first-order valence-corrected chi connectivity index (χ1v) is 7.24. The summed E-state index contributed by atoms with van der Waals surface area (Å²) in [7, 11) is 1.74. The van der Waals surface area contributed by atoms with E-state index < -0.39 is 0 Å². The molecule has 0 aliphatic rings. The van der Waals surface area contributed by atoms with Crippen molar-refractivity contribution in [1.82, 2.24) is 4.90 Å². The van der Waals surface area contributed by atoms with E-state index in [1.54, 1.807) is 30.1 Å². The lowest BCUT2D eigenvalue weighted by Crippen LogP contribution is -2.27. The highest BCUT2D eigenvalue weighted by molar-refractivity contribution is 6.42. The summed E-state index contributed by atoms with van der Waals surface area (Å²) in [6, 6.07) is 12.7. The minimum absolute atomic E-state index is 0.00311. The number of rotatable bonds is 4. The number of nitrogen functional groups attached to an aromatic ring is 1. The molecule has 2 N–H and O–H groups in total. The average Bonchev–Trinajstić information content (AvgIpc) is 2.44. The van der Waals surface area contributed by atoms with Gasteiger partial charge in [0.1, 0.15) is 0 Å². The molecule has 2 aromatic carbocycles. The van der Waals surface area contributed by atoms with Crippen LogP contribution in [0.4, 0.5) is 5.69 Å². The number of nitrogens with two attached hydrogens (primary N) is 1. The third kappa shape index (κ3) is 4.13. The molecule has 0 saturated carbocycles. The molecule has 0 fully saturated rings. The molecular weight excluding hydrogens is 307 g/mol. The van der Waals surface area contributed by atoms with Crippen molar-refractivity contribution in [3.8, 4) is 0 Å². The van der Waals surface area contributed by atoms with Crippen molar-refractivity contribution in [2.45, 2.75) is 13.0 Å². The number of hydrogen-bond acceptors (Lipinski definition) is 2. The van der Waals surface area contributed by atoms with Gasteiger partial charge in [-0.05, 0) is 29.3 Å². The van der Waals surface area contributed by atoms with Gasteiger partial charge in [-0.2, -0.15) is 0 Å². The predicted octanol–water partition coefficient (Wildman–Crippen LogP) is 3.78. The molecule has 2 aromatic rings. The lowest BCUT2D eigenvalue weighted by atomic mass is 10.1. The molecule has 0 radical (unpaired) electrons. The zero-order chi connectivity index (χ0) is 15.4. The Hall–Kier alpha value is -1.71. The van der Waals surface area contributed by atoms with Crippen LogP contribution in [-0.2, 0) is 17.8 Å². The number of anilines is 1. The number of benzene rings is 2. The number of halogens is 2. The summed E-state index contributed by atoms with van der Waals surface area (Å²) in [6.07, 6.45) is 0.305. The van der Waals surface area contributed by atoms with E-state index in [0.717, 1.165) is 11.1 Å². The molecule has 0 atom stereocenters. The summed E-state index contributed by atoms with van der Waals surface area (Å²) in [6.45, 7) is 0.417. The van der Waals surface area contributed by atoms with E-state index in [1.165, 1.54) is 0 Å². The van der Waals surface area contributed by atoms with Gasteiger partial charge in [0.15, 0.2) is 0 Å². The van der Waals surface area contributed by atoms with E-state index in [-0.39, 0.29) is 5.91 Å². The van der Waals surface area contributed by atoms with Gasteiger partial charge in [-0.3, -0.25) is 4.79 Å². The van der Waals surface area contributed by atoms with Crippen LogP contribution >= 0.6 is 23.2 Å². The van der Waals surface area contributed by atoms with Gasteiger partial charge in [0, 0.05) is 19.3 Å². The predicted molar refractivity (Wildman–Crippen MR) is 87.5 cm³/mol. The van der Waals surface area contributed by atoms with Gasteiger partial charge < -0.3 is 10.6 Å². The number of carbonyl (C=O) groups is 1. The highest BCUT2D eigenvalue weighted by Crippen LogP contribution is 2.26. The minimum Gasteiger partial charge on any atom is -0.399 e. The Bertz CT molecular complexity index is 658. The number of likely N-dealkylation sites (N-methyl/N-ethyl adjacent to an activating group) is 1. The third-order valence-corrected chi connectivity index (χ3v) is 4.03. The summed E-state index contributed by atoms with van der Waals surface area (Å²) < 4.78 is 0. The van der Waals surface area contributed by atoms with Crippen molar-refractivity contribution in [1.29, 1.82) is 0 Å². The summed E-state index contributed by atoms with van der Waals surface area (Å²) in [4.78, 5) is 13.9. The van der Waals surface area contributed by atoms with Gasteiger partial charge in [0.2, 0.25) is 5.91 Å². The maximum Gasteiger partial charge on any atom is 0.227 e. The van der Waals surface area contributed by atoms with Crippen molar-refractivity contribution < 1.29 is 4.79 Å². The van der Waals surface area contributed by atoms with Crippen LogP contribution in [0.1, 0.15) is 11.1 Å². The SMILES string of the molecule is CN(Cc1cccc(Cl)c1Cl)C(=O)Cc1cccc(N)c1. The largest absolute Gasteiger partial charge is 0.399 e. The van der Waals surface area contributed by atoms with Gasteiger partial charge in [0.05, 0.1) is 16.5 Å². The molecule has 0 aliphatic heterocycles. The highest BCUT2D eigenvalue weighted by atomic mass is 35.5. The summed E-state index contributed by atoms with van der Waals surface area (Å²) in [5.74, 6) is -0.00311. The van der Waals surface area contributed by atoms with Crippen molar-refractivity contribution in [3.05, 3.63) is 63.6 Å². The number of hydrogen-bond donors (Lipinski definition) is 1. The van der Waals surface area contributed by atoms with Crippen molar-refractivity contribution in [2.75, 3.05) is 12.8 Å². The Labute approximate surface area is 134 Å².